The fraction of sp³-hybridized carbons (Fsp3) is 0.333. The van der Waals surface area contributed by atoms with Crippen molar-refractivity contribution in [3.63, 3.8) is 0 Å². The molecule has 16 heavy (non-hydrogen) atoms. The Bertz CT molecular complexity index is 452. The van der Waals surface area contributed by atoms with Gasteiger partial charge in [0.25, 0.3) is 0 Å². The number of anilines is 1. The van der Waals surface area contributed by atoms with Crippen LogP contribution in [0.5, 0.6) is 6.01 Å². The first-order valence-electron chi connectivity index (χ1n) is 4.56. The molecule has 0 aliphatic heterocycles. The number of primary amides is 1. The van der Waals surface area contributed by atoms with Gasteiger partial charge in [0.1, 0.15) is 17.5 Å². The van der Waals surface area contributed by atoms with E-state index >= 15 is 0 Å². The zero-order valence-corrected chi connectivity index (χ0v) is 8.73. The summed E-state index contributed by atoms with van der Waals surface area (Å²) >= 11 is 0. The summed E-state index contributed by atoms with van der Waals surface area (Å²) in [5.74, 6) is -0.616. The van der Waals surface area contributed by atoms with Crippen molar-refractivity contribution in [1.82, 2.24) is 9.97 Å². The maximum atomic E-state index is 10.8. The van der Waals surface area contributed by atoms with Crippen LogP contribution in [0, 0.1) is 11.3 Å². The first-order valence-corrected chi connectivity index (χ1v) is 4.56. The Morgan fingerprint density at radius 1 is 1.56 bits per heavy atom. The molecule has 0 fully saturated rings. The average molecular weight is 221 g/mol. The summed E-state index contributed by atoms with van der Waals surface area (Å²) in [7, 11) is 0. The molecule has 1 aromatic heterocycles. The molecule has 0 saturated carbocycles. The number of nitriles is 1. The van der Waals surface area contributed by atoms with Crippen molar-refractivity contribution in [2.45, 2.75) is 13.3 Å². The highest BCUT2D eigenvalue weighted by molar-refractivity contribution is 5.77. The Kier molecular flexibility index (Phi) is 3.61. The number of hydrogen-bond donors (Lipinski definition) is 2. The summed E-state index contributed by atoms with van der Waals surface area (Å²) in [6.45, 7) is 2.12. The van der Waals surface area contributed by atoms with E-state index in [-0.39, 0.29) is 29.5 Å². The Labute approximate surface area is 92.0 Å². The standard InChI is InChI=1S/C9H11N5O2/c1-2-16-9-13-6(3-7(11)15)5(4-10)8(12)14-9/h2-3H2,1H3,(H2,11,15)(H2,12,13,14). The van der Waals surface area contributed by atoms with Crippen molar-refractivity contribution >= 4 is 11.7 Å². The Balaban J connectivity index is 3.20. The number of aromatic nitrogens is 2. The average Bonchev–Trinajstić information content (AvgIpc) is 2.16. The summed E-state index contributed by atoms with van der Waals surface area (Å²) in [5.41, 5.74) is 10.8. The minimum absolute atomic E-state index is 0.0165. The van der Waals surface area contributed by atoms with Gasteiger partial charge >= 0.3 is 6.01 Å². The van der Waals surface area contributed by atoms with E-state index in [1.54, 1.807) is 6.92 Å². The molecule has 0 unspecified atom stereocenters. The van der Waals surface area contributed by atoms with Crippen LogP contribution in [0.3, 0.4) is 0 Å². The fourth-order valence-electron chi connectivity index (χ4n) is 1.11. The largest absolute Gasteiger partial charge is 0.464 e. The number of nitrogens with two attached hydrogens (primary N) is 2. The van der Waals surface area contributed by atoms with Crippen LogP contribution in [-0.4, -0.2) is 22.5 Å². The molecular weight excluding hydrogens is 210 g/mol. The molecular formula is C9H11N5O2. The van der Waals surface area contributed by atoms with Gasteiger partial charge in [-0.15, -0.1) is 0 Å². The molecule has 0 radical (unpaired) electrons. The highest BCUT2D eigenvalue weighted by Crippen LogP contribution is 2.16. The molecule has 1 heterocycles. The molecule has 84 valence electrons. The van der Waals surface area contributed by atoms with Gasteiger partial charge in [-0.25, -0.2) is 0 Å². The van der Waals surface area contributed by atoms with Gasteiger partial charge < -0.3 is 16.2 Å². The van der Waals surface area contributed by atoms with Crippen LogP contribution in [0.15, 0.2) is 0 Å². The third-order valence-corrected chi connectivity index (χ3v) is 1.72. The van der Waals surface area contributed by atoms with Crippen molar-refractivity contribution < 1.29 is 9.53 Å². The van der Waals surface area contributed by atoms with Gasteiger partial charge in [0.05, 0.1) is 18.7 Å². The first kappa shape index (κ1) is 11.7. The zero-order valence-electron chi connectivity index (χ0n) is 8.73. The predicted octanol–water partition coefficient (Wildman–Crippen LogP) is -0.643. The summed E-state index contributed by atoms with van der Waals surface area (Å²) in [5, 5.41) is 8.83. The van der Waals surface area contributed by atoms with Crippen LogP contribution in [0.25, 0.3) is 0 Å². The molecule has 0 atom stereocenters. The fourth-order valence-corrected chi connectivity index (χ4v) is 1.11. The lowest BCUT2D eigenvalue weighted by Crippen LogP contribution is -2.17. The molecule has 0 aliphatic rings. The highest BCUT2D eigenvalue weighted by Gasteiger charge is 2.14. The molecule has 1 aromatic rings. The first-order chi connectivity index (χ1) is 7.58. The maximum Gasteiger partial charge on any atom is 0.318 e. The molecule has 0 spiro atoms. The minimum atomic E-state index is -0.600. The highest BCUT2D eigenvalue weighted by atomic mass is 16.5. The number of hydrogen-bond acceptors (Lipinski definition) is 6. The van der Waals surface area contributed by atoms with E-state index < -0.39 is 5.91 Å². The number of carbonyl (C=O) groups excluding carboxylic acids is 1. The normalized spacial score (nSPS) is 9.50. The van der Waals surface area contributed by atoms with Gasteiger partial charge in [-0.2, -0.15) is 15.2 Å². The number of nitrogen functional groups attached to an aromatic ring is 1. The molecule has 0 aliphatic carbocycles. The van der Waals surface area contributed by atoms with Gasteiger partial charge in [0, 0.05) is 0 Å². The quantitative estimate of drug-likeness (QED) is 0.695. The molecule has 7 nitrogen and oxygen atoms in total. The summed E-state index contributed by atoms with van der Waals surface area (Å²) < 4.78 is 5.04. The summed E-state index contributed by atoms with van der Waals surface area (Å²) in [6, 6.07) is 1.86. The van der Waals surface area contributed by atoms with E-state index in [0.29, 0.717) is 6.61 Å². The minimum Gasteiger partial charge on any atom is -0.464 e. The smallest absolute Gasteiger partial charge is 0.318 e. The predicted molar refractivity (Wildman–Crippen MR) is 55.2 cm³/mol. The second-order valence-corrected chi connectivity index (χ2v) is 2.90. The monoisotopic (exact) mass is 221 g/mol. The second-order valence-electron chi connectivity index (χ2n) is 2.90. The molecule has 0 aromatic carbocycles. The molecule has 1 rings (SSSR count). The van der Waals surface area contributed by atoms with Crippen LogP contribution in [0.1, 0.15) is 18.2 Å². The zero-order chi connectivity index (χ0) is 12.1. The van der Waals surface area contributed by atoms with E-state index in [2.05, 4.69) is 9.97 Å². The van der Waals surface area contributed by atoms with Crippen molar-refractivity contribution in [3.05, 3.63) is 11.3 Å². The maximum absolute atomic E-state index is 10.8. The lowest BCUT2D eigenvalue weighted by atomic mass is 10.2. The van der Waals surface area contributed by atoms with E-state index in [9.17, 15) is 4.79 Å². The topological polar surface area (TPSA) is 128 Å². The van der Waals surface area contributed by atoms with Crippen LogP contribution < -0.4 is 16.2 Å². The van der Waals surface area contributed by atoms with Crippen LogP contribution in [-0.2, 0) is 11.2 Å². The molecule has 0 bridgehead atoms. The Hall–Kier alpha value is -2.36. The number of nitrogens with zero attached hydrogens (tertiary/aromatic N) is 3. The number of ether oxygens (including phenoxy) is 1. The molecule has 7 heteroatoms. The van der Waals surface area contributed by atoms with E-state index in [1.807, 2.05) is 6.07 Å². The van der Waals surface area contributed by atoms with E-state index in [1.165, 1.54) is 0 Å². The van der Waals surface area contributed by atoms with Crippen molar-refractivity contribution in [1.29, 1.82) is 5.26 Å². The lowest BCUT2D eigenvalue weighted by Gasteiger charge is -2.06. The van der Waals surface area contributed by atoms with E-state index in [0.717, 1.165) is 0 Å². The molecule has 4 N–H and O–H groups in total. The van der Waals surface area contributed by atoms with Gasteiger partial charge in [-0.05, 0) is 6.92 Å². The SMILES string of the molecule is CCOc1nc(N)c(C#N)c(CC(N)=O)n1. The summed E-state index contributed by atoms with van der Waals surface area (Å²) in [6.07, 6.45) is -0.171. The van der Waals surface area contributed by atoms with Crippen molar-refractivity contribution in [2.75, 3.05) is 12.3 Å². The van der Waals surface area contributed by atoms with Gasteiger partial charge in [0.15, 0.2) is 0 Å². The number of rotatable bonds is 4. The number of amides is 1. The summed E-state index contributed by atoms with van der Waals surface area (Å²) in [4.78, 5) is 18.5. The van der Waals surface area contributed by atoms with Crippen LogP contribution in [0.2, 0.25) is 0 Å². The molecule has 1 amide bonds. The van der Waals surface area contributed by atoms with E-state index in [4.69, 9.17) is 21.5 Å². The third kappa shape index (κ3) is 2.57. The van der Waals surface area contributed by atoms with Gasteiger partial charge in [0.2, 0.25) is 5.91 Å². The van der Waals surface area contributed by atoms with Crippen LogP contribution >= 0.6 is 0 Å². The third-order valence-electron chi connectivity index (χ3n) is 1.72. The number of carbonyl (C=O) groups is 1. The second kappa shape index (κ2) is 4.93. The van der Waals surface area contributed by atoms with Gasteiger partial charge in [-0.1, -0.05) is 0 Å². The van der Waals surface area contributed by atoms with Crippen LogP contribution in [0.4, 0.5) is 5.82 Å². The Morgan fingerprint density at radius 2 is 2.25 bits per heavy atom. The molecule has 0 saturated heterocycles. The lowest BCUT2D eigenvalue weighted by molar-refractivity contribution is -0.117. The van der Waals surface area contributed by atoms with Gasteiger partial charge in [-0.3, -0.25) is 4.79 Å². The van der Waals surface area contributed by atoms with Crippen molar-refractivity contribution in [2.24, 2.45) is 5.73 Å². The van der Waals surface area contributed by atoms with Crippen molar-refractivity contribution in [3.8, 4) is 12.1 Å². The Morgan fingerprint density at radius 3 is 2.75 bits per heavy atom.